The quantitative estimate of drug-likeness (QED) is 0.809. The van der Waals surface area contributed by atoms with E-state index in [1.54, 1.807) is 7.11 Å². The van der Waals surface area contributed by atoms with Crippen molar-refractivity contribution in [1.82, 2.24) is 0 Å². The van der Waals surface area contributed by atoms with Crippen molar-refractivity contribution in [1.29, 1.82) is 0 Å². The van der Waals surface area contributed by atoms with Crippen LogP contribution in [-0.2, 0) is 14.9 Å². The molecule has 1 aliphatic rings. The highest BCUT2D eigenvalue weighted by atomic mass is 35.5. The number of hydrogen-bond acceptors (Lipinski definition) is 2. The molecule has 1 aliphatic heterocycles. The van der Waals surface area contributed by atoms with E-state index in [9.17, 15) is 0 Å². The first-order valence-corrected chi connectivity index (χ1v) is 5.97. The number of benzene rings is 1. The van der Waals surface area contributed by atoms with E-state index < -0.39 is 0 Å². The molecule has 0 saturated carbocycles. The Bertz CT molecular complexity index is 340. The lowest BCUT2D eigenvalue weighted by molar-refractivity contribution is 0.0136. The molecule has 0 radical (unpaired) electrons. The summed E-state index contributed by atoms with van der Waals surface area (Å²) in [7, 11) is 1.75. The molecule has 1 aromatic carbocycles. The van der Waals surface area contributed by atoms with E-state index in [1.165, 1.54) is 5.56 Å². The van der Waals surface area contributed by atoms with Gasteiger partial charge in [-0.15, -0.1) is 0 Å². The van der Waals surface area contributed by atoms with Crippen molar-refractivity contribution in [3.8, 4) is 0 Å². The van der Waals surface area contributed by atoms with Gasteiger partial charge in [0.1, 0.15) is 0 Å². The molecule has 0 spiro atoms. The second kappa shape index (κ2) is 5.17. The van der Waals surface area contributed by atoms with E-state index in [-0.39, 0.29) is 5.41 Å². The third-order valence-corrected chi connectivity index (χ3v) is 3.54. The van der Waals surface area contributed by atoms with Crippen LogP contribution in [0.1, 0.15) is 18.4 Å². The van der Waals surface area contributed by atoms with Gasteiger partial charge in [0.15, 0.2) is 0 Å². The molecular formula is C13H17ClO2. The largest absolute Gasteiger partial charge is 0.384 e. The first-order valence-electron chi connectivity index (χ1n) is 5.60. The number of hydrogen-bond donors (Lipinski definition) is 0. The zero-order valence-electron chi connectivity index (χ0n) is 9.54. The Morgan fingerprint density at radius 1 is 1.38 bits per heavy atom. The van der Waals surface area contributed by atoms with E-state index >= 15 is 0 Å². The third-order valence-electron chi connectivity index (χ3n) is 3.31. The second-order valence-electron chi connectivity index (χ2n) is 4.34. The molecule has 0 N–H and O–H groups in total. The van der Waals surface area contributed by atoms with Crippen LogP contribution < -0.4 is 0 Å². The summed E-state index contributed by atoms with van der Waals surface area (Å²) in [4.78, 5) is 0. The summed E-state index contributed by atoms with van der Waals surface area (Å²) in [6, 6.07) is 8.09. The van der Waals surface area contributed by atoms with Crippen molar-refractivity contribution in [3.05, 3.63) is 34.9 Å². The van der Waals surface area contributed by atoms with Gasteiger partial charge in [-0.05, 0) is 30.5 Å². The molecule has 1 saturated heterocycles. The first kappa shape index (κ1) is 11.9. The smallest absolute Gasteiger partial charge is 0.0560 e. The first-order chi connectivity index (χ1) is 7.77. The molecule has 0 aromatic heterocycles. The fourth-order valence-corrected chi connectivity index (χ4v) is 2.56. The highest BCUT2D eigenvalue weighted by Gasteiger charge is 2.34. The Hall–Kier alpha value is -0.570. The molecular weight excluding hydrogens is 224 g/mol. The van der Waals surface area contributed by atoms with Crippen molar-refractivity contribution >= 4 is 11.6 Å². The average Bonchev–Trinajstić information content (AvgIpc) is 2.31. The molecule has 1 heterocycles. The normalized spacial score (nSPS) is 19.6. The predicted octanol–water partition coefficient (Wildman–Crippen LogP) is 3.03. The molecule has 3 heteroatoms. The Morgan fingerprint density at radius 2 is 2.12 bits per heavy atom. The zero-order chi connectivity index (χ0) is 11.4. The predicted molar refractivity (Wildman–Crippen MR) is 65.1 cm³/mol. The molecule has 0 unspecified atom stereocenters. The van der Waals surface area contributed by atoms with Crippen LogP contribution in [0.2, 0.25) is 5.02 Å². The van der Waals surface area contributed by atoms with E-state index in [1.807, 2.05) is 18.2 Å². The third kappa shape index (κ3) is 2.40. The van der Waals surface area contributed by atoms with Crippen LogP contribution in [0, 0.1) is 0 Å². The Morgan fingerprint density at radius 3 is 2.75 bits per heavy atom. The van der Waals surface area contributed by atoms with Gasteiger partial charge < -0.3 is 9.47 Å². The van der Waals surface area contributed by atoms with Crippen LogP contribution in [0.3, 0.4) is 0 Å². The van der Waals surface area contributed by atoms with Gasteiger partial charge in [0.2, 0.25) is 0 Å². The van der Waals surface area contributed by atoms with Crippen LogP contribution in [0.25, 0.3) is 0 Å². The minimum absolute atomic E-state index is 0.0813. The summed E-state index contributed by atoms with van der Waals surface area (Å²) in [5.74, 6) is 0. The SMILES string of the molecule is COCC1(c2cccc(Cl)c2)CCOCC1. The minimum atomic E-state index is 0.0813. The van der Waals surface area contributed by atoms with Crippen molar-refractivity contribution in [2.75, 3.05) is 26.9 Å². The molecule has 0 atom stereocenters. The lowest BCUT2D eigenvalue weighted by atomic mass is 9.75. The van der Waals surface area contributed by atoms with Crippen molar-refractivity contribution in [2.45, 2.75) is 18.3 Å². The number of halogens is 1. The van der Waals surface area contributed by atoms with E-state index in [4.69, 9.17) is 21.1 Å². The molecule has 2 nitrogen and oxygen atoms in total. The number of methoxy groups -OCH3 is 1. The van der Waals surface area contributed by atoms with Crippen molar-refractivity contribution in [3.63, 3.8) is 0 Å². The molecule has 88 valence electrons. The fraction of sp³-hybridized carbons (Fsp3) is 0.538. The lowest BCUT2D eigenvalue weighted by Gasteiger charge is -2.37. The lowest BCUT2D eigenvalue weighted by Crippen LogP contribution is -2.37. The molecule has 1 fully saturated rings. The summed E-state index contributed by atoms with van der Waals surface area (Å²) < 4.78 is 10.8. The van der Waals surface area contributed by atoms with Gasteiger partial charge >= 0.3 is 0 Å². The standard InChI is InChI=1S/C13H17ClO2/c1-15-10-13(5-7-16-8-6-13)11-3-2-4-12(14)9-11/h2-4,9H,5-8,10H2,1H3. The number of rotatable bonds is 3. The topological polar surface area (TPSA) is 18.5 Å². The van der Waals surface area contributed by atoms with Crippen LogP contribution >= 0.6 is 11.6 Å². The van der Waals surface area contributed by atoms with Crippen LogP contribution in [-0.4, -0.2) is 26.9 Å². The summed E-state index contributed by atoms with van der Waals surface area (Å²) in [6.07, 6.45) is 2.00. The molecule has 1 aromatic rings. The Labute approximate surface area is 102 Å². The van der Waals surface area contributed by atoms with Crippen LogP contribution in [0.15, 0.2) is 24.3 Å². The van der Waals surface area contributed by atoms with Gasteiger partial charge in [0.05, 0.1) is 6.61 Å². The van der Waals surface area contributed by atoms with E-state index in [0.29, 0.717) is 0 Å². The molecule has 2 rings (SSSR count). The summed E-state index contributed by atoms with van der Waals surface area (Å²) in [5, 5.41) is 0.791. The maximum absolute atomic E-state index is 6.05. The maximum atomic E-state index is 6.05. The molecule has 0 amide bonds. The summed E-state index contributed by atoms with van der Waals surface area (Å²) in [6.45, 7) is 2.34. The maximum Gasteiger partial charge on any atom is 0.0560 e. The van der Waals surface area contributed by atoms with Gasteiger partial charge in [-0.3, -0.25) is 0 Å². The van der Waals surface area contributed by atoms with E-state index in [2.05, 4.69) is 6.07 Å². The zero-order valence-corrected chi connectivity index (χ0v) is 10.3. The second-order valence-corrected chi connectivity index (χ2v) is 4.77. The van der Waals surface area contributed by atoms with Gasteiger partial charge in [0.25, 0.3) is 0 Å². The van der Waals surface area contributed by atoms with Gasteiger partial charge in [-0.25, -0.2) is 0 Å². The monoisotopic (exact) mass is 240 g/mol. The average molecular weight is 241 g/mol. The van der Waals surface area contributed by atoms with E-state index in [0.717, 1.165) is 37.7 Å². The van der Waals surface area contributed by atoms with Crippen molar-refractivity contribution in [2.24, 2.45) is 0 Å². The van der Waals surface area contributed by atoms with Gasteiger partial charge in [-0.2, -0.15) is 0 Å². The van der Waals surface area contributed by atoms with Gasteiger partial charge in [0, 0.05) is 30.8 Å². The highest BCUT2D eigenvalue weighted by molar-refractivity contribution is 6.30. The minimum Gasteiger partial charge on any atom is -0.384 e. The van der Waals surface area contributed by atoms with Crippen molar-refractivity contribution < 1.29 is 9.47 Å². The molecule has 0 aliphatic carbocycles. The Kier molecular flexibility index (Phi) is 3.85. The molecule has 16 heavy (non-hydrogen) atoms. The highest BCUT2D eigenvalue weighted by Crippen LogP contribution is 2.36. The van der Waals surface area contributed by atoms with Crippen LogP contribution in [0.5, 0.6) is 0 Å². The fourth-order valence-electron chi connectivity index (χ4n) is 2.37. The van der Waals surface area contributed by atoms with Gasteiger partial charge in [-0.1, -0.05) is 23.7 Å². The summed E-state index contributed by atoms with van der Waals surface area (Å²) in [5.41, 5.74) is 1.35. The molecule has 0 bridgehead atoms. The Balaban J connectivity index is 2.30. The number of ether oxygens (including phenoxy) is 2. The summed E-state index contributed by atoms with van der Waals surface area (Å²) >= 11 is 6.05. The van der Waals surface area contributed by atoms with Crippen LogP contribution in [0.4, 0.5) is 0 Å².